The molecule has 1 aliphatic heterocycles. The summed E-state index contributed by atoms with van der Waals surface area (Å²) in [5.74, 6) is 0.956. The van der Waals surface area contributed by atoms with Crippen LogP contribution in [0.4, 0.5) is 5.82 Å². The monoisotopic (exact) mass is 313 g/mol. The zero-order valence-electron chi connectivity index (χ0n) is 10.8. The molecular weight excluding hydrogens is 294 g/mol. The molecule has 0 spiro atoms. The fourth-order valence-corrected chi connectivity index (χ4v) is 2.20. The number of nitrogens with zero attached hydrogens (tertiary/aromatic N) is 2. The number of hydrogen-bond donors (Lipinski definition) is 1. The molecular formula is C13H20BrN3O. The molecule has 100 valence electrons. The first kappa shape index (κ1) is 13.8. The van der Waals surface area contributed by atoms with Gasteiger partial charge in [-0.05, 0) is 47.4 Å². The van der Waals surface area contributed by atoms with E-state index in [1.165, 1.54) is 5.56 Å². The molecule has 1 N–H and O–H groups in total. The minimum atomic E-state index is 0.876. The highest BCUT2D eigenvalue weighted by Crippen LogP contribution is 2.17. The third kappa shape index (κ3) is 4.23. The molecule has 0 amide bonds. The number of aromatic nitrogens is 1. The summed E-state index contributed by atoms with van der Waals surface area (Å²) in [4.78, 5) is 6.78. The van der Waals surface area contributed by atoms with Gasteiger partial charge in [-0.3, -0.25) is 4.90 Å². The topological polar surface area (TPSA) is 37.4 Å². The summed E-state index contributed by atoms with van der Waals surface area (Å²) >= 11 is 3.45. The maximum atomic E-state index is 5.33. The maximum absolute atomic E-state index is 5.33. The van der Waals surface area contributed by atoms with Gasteiger partial charge in [-0.15, -0.1) is 0 Å². The van der Waals surface area contributed by atoms with Gasteiger partial charge in [-0.2, -0.15) is 0 Å². The van der Waals surface area contributed by atoms with Crippen LogP contribution in [0.1, 0.15) is 12.0 Å². The molecule has 2 heterocycles. The lowest BCUT2D eigenvalue weighted by Gasteiger charge is -2.26. The number of nitrogens with one attached hydrogen (secondary N) is 1. The first-order valence-electron chi connectivity index (χ1n) is 6.42. The van der Waals surface area contributed by atoms with Crippen molar-refractivity contribution in [3.8, 4) is 0 Å². The summed E-state index contributed by atoms with van der Waals surface area (Å²) in [7, 11) is 0. The molecule has 0 radical (unpaired) electrons. The van der Waals surface area contributed by atoms with Gasteiger partial charge in [0, 0.05) is 30.3 Å². The van der Waals surface area contributed by atoms with Crippen molar-refractivity contribution in [3.63, 3.8) is 0 Å². The molecule has 1 aliphatic rings. The van der Waals surface area contributed by atoms with Gasteiger partial charge in [0.15, 0.2) is 0 Å². The zero-order valence-corrected chi connectivity index (χ0v) is 12.4. The van der Waals surface area contributed by atoms with Gasteiger partial charge in [-0.25, -0.2) is 4.98 Å². The summed E-state index contributed by atoms with van der Waals surface area (Å²) in [6.45, 7) is 8.05. The fourth-order valence-electron chi connectivity index (χ4n) is 1.98. The largest absolute Gasteiger partial charge is 0.379 e. The van der Waals surface area contributed by atoms with Crippen molar-refractivity contribution in [2.24, 2.45) is 0 Å². The fraction of sp³-hybridized carbons (Fsp3) is 0.615. The van der Waals surface area contributed by atoms with Crippen molar-refractivity contribution in [1.29, 1.82) is 0 Å². The van der Waals surface area contributed by atoms with E-state index in [9.17, 15) is 0 Å². The van der Waals surface area contributed by atoms with Crippen molar-refractivity contribution >= 4 is 21.7 Å². The van der Waals surface area contributed by atoms with Crippen LogP contribution in [0.3, 0.4) is 0 Å². The highest BCUT2D eigenvalue weighted by molar-refractivity contribution is 9.10. The Labute approximate surface area is 117 Å². The second-order valence-electron chi connectivity index (χ2n) is 4.55. The Kier molecular flexibility index (Phi) is 5.41. The number of rotatable bonds is 5. The lowest BCUT2D eigenvalue weighted by Crippen LogP contribution is -2.37. The number of aryl methyl sites for hydroxylation is 1. The first-order valence-corrected chi connectivity index (χ1v) is 7.21. The van der Waals surface area contributed by atoms with E-state index in [2.05, 4.69) is 44.1 Å². The third-order valence-corrected chi connectivity index (χ3v) is 3.94. The molecule has 4 nitrogen and oxygen atoms in total. The first-order chi connectivity index (χ1) is 8.75. The van der Waals surface area contributed by atoms with Gasteiger partial charge >= 0.3 is 0 Å². The Bertz CT molecular complexity index is 380. The van der Waals surface area contributed by atoms with Crippen LogP contribution in [-0.2, 0) is 4.74 Å². The molecule has 0 unspecified atom stereocenters. The number of halogens is 1. The summed E-state index contributed by atoms with van der Waals surface area (Å²) in [5.41, 5.74) is 1.21. The minimum Gasteiger partial charge on any atom is -0.379 e. The number of anilines is 1. The van der Waals surface area contributed by atoms with Crippen LogP contribution in [0.25, 0.3) is 0 Å². The van der Waals surface area contributed by atoms with Crippen LogP contribution >= 0.6 is 15.9 Å². The van der Waals surface area contributed by atoms with Gasteiger partial charge in [-0.1, -0.05) is 0 Å². The van der Waals surface area contributed by atoms with E-state index in [1.54, 1.807) is 0 Å². The van der Waals surface area contributed by atoms with Gasteiger partial charge in [0.05, 0.1) is 13.2 Å². The second-order valence-corrected chi connectivity index (χ2v) is 5.41. The standard InChI is InChI=1S/C13H20BrN3O/c1-11-9-13(16-10-12(11)14)15-3-2-4-17-5-7-18-8-6-17/h9-10H,2-8H2,1H3,(H,15,16). The molecule has 5 heteroatoms. The average molecular weight is 314 g/mol. The molecule has 0 bridgehead atoms. The van der Waals surface area contributed by atoms with E-state index in [0.717, 1.165) is 56.1 Å². The van der Waals surface area contributed by atoms with Crippen LogP contribution in [-0.4, -0.2) is 49.3 Å². The lowest BCUT2D eigenvalue weighted by atomic mass is 10.3. The van der Waals surface area contributed by atoms with E-state index in [4.69, 9.17) is 4.74 Å². The molecule has 0 saturated carbocycles. The van der Waals surface area contributed by atoms with Crippen molar-refractivity contribution in [3.05, 3.63) is 22.3 Å². The second kappa shape index (κ2) is 7.07. The quantitative estimate of drug-likeness (QED) is 0.846. The van der Waals surface area contributed by atoms with Crippen molar-refractivity contribution in [2.75, 3.05) is 44.7 Å². The number of hydrogen-bond acceptors (Lipinski definition) is 4. The van der Waals surface area contributed by atoms with E-state index < -0.39 is 0 Å². The molecule has 1 aromatic rings. The Morgan fingerprint density at radius 2 is 2.22 bits per heavy atom. The van der Waals surface area contributed by atoms with Crippen molar-refractivity contribution in [2.45, 2.75) is 13.3 Å². The van der Waals surface area contributed by atoms with Gasteiger partial charge in [0.1, 0.15) is 5.82 Å². The lowest BCUT2D eigenvalue weighted by molar-refractivity contribution is 0.0378. The van der Waals surface area contributed by atoms with Crippen LogP contribution in [0.5, 0.6) is 0 Å². The molecule has 18 heavy (non-hydrogen) atoms. The predicted molar refractivity (Wildman–Crippen MR) is 77.0 cm³/mol. The molecule has 1 saturated heterocycles. The summed E-state index contributed by atoms with van der Waals surface area (Å²) in [5, 5.41) is 3.36. The molecule has 1 aromatic heterocycles. The van der Waals surface area contributed by atoms with Crippen LogP contribution in [0, 0.1) is 6.92 Å². The van der Waals surface area contributed by atoms with Crippen molar-refractivity contribution in [1.82, 2.24) is 9.88 Å². The van der Waals surface area contributed by atoms with Gasteiger partial charge in [0.25, 0.3) is 0 Å². The number of ether oxygens (including phenoxy) is 1. The Balaban J connectivity index is 1.66. The predicted octanol–water partition coefficient (Wildman–Crippen LogP) is 2.29. The highest BCUT2D eigenvalue weighted by Gasteiger charge is 2.09. The smallest absolute Gasteiger partial charge is 0.126 e. The Morgan fingerprint density at radius 1 is 1.44 bits per heavy atom. The van der Waals surface area contributed by atoms with Crippen LogP contribution in [0.2, 0.25) is 0 Å². The summed E-state index contributed by atoms with van der Waals surface area (Å²) < 4.78 is 6.38. The maximum Gasteiger partial charge on any atom is 0.126 e. The molecule has 0 atom stereocenters. The highest BCUT2D eigenvalue weighted by atomic mass is 79.9. The Morgan fingerprint density at radius 3 is 2.94 bits per heavy atom. The number of morpholine rings is 1. The molecule has 2 rings (SSSR count). The zero-order chi connectivity index (χ0) is 12.8. The Hall–Kier alpha value is -0.650. The minimum absolute atomic E-state index is 0.876. The van der Waals surface area contributed by atoms with Crippen LogP contribution in [0.15, 0.2) is 16.7 Å². The number of pyridine rings is 1. The summed E-state index contributed by atoms with van der Waals surface area (Å²) in [6.07, 6.45) is 2.98. The van der Waals surface area contributed by atoms with Crippen LogP contribution < -0.4 is 5.32 Å². The SMILES string of the molecule is Cc1cc(NCCCN2CCOCC2)ncc1Br. The van der Waals surface area contributed by atoms with E-state index in [-0.39, 0.29) is 0 Å². The van der Waals surface area contributed by atoms with E-state index in [0.29, 0.717) is 0 Å². The average Bonchev–Trinajstić information content (AvgIpc) is 2.40. The van der Waals surface area contributed by atoms with E-state index >= 15 is 0 Å². The summed E-state index contributed by atoms with van der Waals surface area (Å²) in [6, 6.07) is 2.07. The van der Waals surface area contributed by atoms with Gasteiger partial charge < -0.3 is 10.1 Å². The molecule has 0 aliphatic carbocycles. The van der Waals surface area contributed by atoms with Gasteiger partial charge in [0.2, 0.25) is 0 Å². The van der Waals surface area contributed by atoms with E-state index in [1.807, 2.05) is 6.20 Å². The van der Waals surface area contributed by atoms with Crippen molar-refractivity contribution < 1.29 is 4.74 Å². The normalized spacial score (nSPS) is 16.8. The molecule has 0 aromatic carbocycles. The molecule has 1 fully saturated rings. The third-order valence-electron chi connectivity index (χ3n) is 3.11.